The summed E-state index contributed by atoms with van der Waals surface area (Å²) in [6.07, 6.45) is 5.56. The summed E-state index contributed by atoms with van der Waals surface area (Å²) in [5.41, 5.74) is 1.19. The number of amides is 1. The van der Waals surface area contributed by atoms with Crippen LogP contribution >= 0.6 is 0 Å². The lowest BCUT2D eigenvalue weighted by Gasteiger charge is -2.20. The standard InChI is InChI=1S/C22H29N3O4/c1-28-18-11-9-17(10-12-18)22-19(29-2)16-21(27)25(23-22)15-7-8-20(26)24-13-5-3-4-6-14-24/h9-12,16H,3-8,13-15H2,1-2H3. The second-order valence-electron chi connectivity index (χ2n) is 7.25. The van der Waals surface area contributed by atoms with E-state index in [2.05, 4.69) is 5.10 Å². The topological polar surface area (TPSA) is 73.7 Å². The van der Waals surface area contributed by atoms with Gasteiger partial charge in [0.2, 0.25) is 5.91 Å². The number of aromatic nitrogens is 2. The van der Waals surface area contributed by atoms with E-state index in [1.807, 2.05) is 29.2 Å². The van der Waals surface area contributed by atoms with Gasteiger partial charge >= 0.3 is 0 Å². The SMILES string of the molecule is COc1ccc(-c2nn(CCCC(=O)N3CCCCCC3)c(=O)cc2OC)cc1. The van der Waals surface area contributed by atoms with E-state index >= 15 is 0 Å². The first-order valence-corrected chi connectivity index (χ1v) is 10.2. The fraction of sp³-hybridized carbons (Fsp3) is 0.500. The molecule has 1 fully saturated rings. The molecule has 1 aromatic carbocycles. The fourth-order valence-corrected chi connectivity index (χ4v) is 3.60. The van der Waals surface area contributed by atoms with Gasteiger partial charge in [-0.3, -0.25) is 9.59 Å². The average molecular weight is 399 g/mol. The number of carbonyl (C=O) groups excluding carboxylic acids is 1. The first kappa shape index (κ1) is 20.9. The summed E-state index contributed by atoms with van der Waals surface area (Å²) in [4.78, 5) is 26.8. The molecule has 2 heterocycles. The van der Waals surface area contributed by atoms with E-state index in [-0.39, 0.29) is 11.5 Å². The van der Waals surface area contributed by atoms with Crippen LogP contribution in [0.4, 0.5) is 0 Å². The molecule has 0 bridgehead atoms. The van der Waals surface area contributed by atoms with E-state index in [1.165, 1.54) is 30.7 Å². The number of ether oxygens (including phenoxy) is 2. The number of likely N-dealkylation sites (tertiary alicyclic amines) is 1. The van der Waals surface area contributed by atoms with Gasteiger partial charge in [-0.15, -0.1) is 0 Å². The van der Waals surface area contributed by atoms with Gasteiger partial charge in [-0.2, -0.15) is 5.10 Å². The van der Waals surface area contributed by atoms with Crippen molar-refractivity contribution in [1.29, 1.82) is 0 Å². The van der Waals surface area contributed by atoms with Gasteiger partial charge in [-0.05, 0) is 43.5 Å². The van der Waals surface area contributed by atoms with Crippen molar-refractivity contribution >= 4 is 5.91 Å². The highest BCUT2D eigenvalue weighted by atomic mass is 16.5. The predicted octanol–water partition coefficient (Wildman–Crippen LogP) is 3.11. The average Bonchev–Trinajstić information content (AvgIpc) is 3.04. The molecule has 0 radical (unpaired) electrons. The van der Waals surface area contributed by atoms with Crippen LogP contribution < -0.4 is 15.0 Å². The molecular weight excluding hydrogens is 370 g/mol. The Kier molecular flexibility index (Phi) is 7.27. The molecule has 0 unspecified atom stereocenters. The van der Waals surface area contributed by atoms with Crippen LogP contribution in [0.25, 0.3) is 11.3 Å². The van der Waals surface area contributed by atoms with Crippen molar-refractivity contribution in [3.05, 3.63) is 40.7 Å². The molecule has 1 aliphatic rings. The Morgan fingerprint density at radius 3 is 2.34 bits per heavy atom. The summed E-state index contributed by atoms with van der Waals surface area (Å²) in [6.45, 7) is 2.09. The maximum atomic E-state index is 12.5. The molecule has 0 spiro atoms. The third-order valence-electron chi connectivity index (χ3n) is 5.27. The van der Waals surface area contributed by atoms with Gasteiger partial charge < -0.3 is 14.4 Å². The highest BCUT2D eigenvalue weighted by Gasteiger charge is 2.16. The summed E-state index contributed by atoms with van der Waals surface area (Å²) < 4.78 is 12.0. The number of hydrogen-bond acceptors (Lipinski definition) is 5. The van der Waals surface area contributed by atoms with Crippen LogP contribution in [0, 0.1) is 0 Å². The molecule has 0 N–H and O–H groups in total. The minimum atomic E-state index is -0.235. The molecule has 2 aromatic rings. The molecule has 1 aliphatic heterocycles. The minimum absolute atomic E-state index is 0.170. The minimum Gasteiger partial charge on any atom is -0.497 e. The molecule has 0 aliphatic carbocycles. The maximum Gasteiger partial charge on any atom is 0.270 e. The molecular formula is C22H29N3O4. The number of hydrogen-bond donors (Lipinski definition) is 0. The lowest BCUT2D eigenvalue weighted by atomic mass is 10.1. The van der Waals surface area contributed by atoms with Crippen LogP contribution in [0.1, 0.15) is 38.5 Å². The first-order valence-electron chi connectivity index (χ1n) is 10.2. The fourth-order valence-electron chi connectivity index (χ4n) is 3.60. The largest absolute Gasteiger partial charge is 0.497 e. The molecule has 1 saturated heterocycles. The number of carbonyl (C=O) groups is 1. The summed E-state index contributed by atoms with van der Waals surface area (Å²) in [5, 5.41) is 4.51. The molecule has 3 rings (SSSR count). The molecule has 7 nitrogen and oxygen atoms in total. The number of aryl methyl sites for hydroxylation is 1. The monoisotopic (exact) mass is 399 g/mol. The molecule has 0 atom stereocenters. The van der Waals surface area contributed by atoms with E-state index < -0.39 is 0 Å². The van der Waals surface area contributed by atoms with Crippen molar-refractivity contribution < 1.29 is 14.3 Å². The first-order chi connectivity index (χ1) is 14.1. The zero-order valence-corrected chi connectivity index (χ0v) is 17.2. The Labute approximate surface area is 171 Å². The van der Waals surface area contributed by atoms with Crippen molar-refractivity contribution in [2.24, 2.45) is 0 Å². The maximum absolute atomic E-state index is 12.5. The van der Waals surface area contributed by atoms with E-state index in [0.29, 0.717) is 30.8 Å². The Balaban J connectivity index is 1.70. The normalized spacial score (nSPS) is 14.3. The second kappa shape index (κ2) is 10.1. The summed E-state index contributed by atoms with van der Waals surface area (Å²) >= 11 is 0. The Morgan fingerprint density at radius 1 is 1.03 bits per heavy atom. The van der Waals surface area contributed by atoms with Gasteiger partial charge in [0, 0.05) is 37.7 Å². The summed E-state index contributed by atoms with van der Waals surface area (Å²) in [5.74, 6) is 1.34. The van der Waals surface area contributed by atoms with E-state index in [9.17, 15) is 9.59 Å². The highest BCUT2D eigenvalue weighted by Crippen LogP contribution is 2.27. The van der Waals surface area contributed by atoms with Gasteiger partial charge in [-0.25, -0.2) is 4.68 Å². The van der Waals surface area contributed by atoms with Gasteiger partial charge in [0.15, 0.2) is 5.75 Å². The number of nitrogens with zero attached hydrogens (tertiary/aromatic N) is 3. The van der Waals surface area contributed by atoms with Crippen molar-refractivity contribution in [3.63, 3.8) is 0 Å². The van der Waals surface area contributed by atoms with Crippen LogP contribution in [0.5, 0.6) is 11.5 Å². The van der Waals surface area contributed by atoms with Crippen molar-refractivity contribution in [1.82, 2.24) is 14.7 Å². The molecule has 1 amide bonds. The van der Waals surface area contributed by atoms with Crippen molar-refractivity contribution in [3.8, 4) is 22.8 Å². The van der Waals surface area contributed by atoms with Gasteiger partial charge in [0.25, 0.3) is 5.56 Å². The number of benzene rings is 1. The Hall–Kier alpha value is -2.83. The summed E-state index contributed by atoms with van der Waals surface area (Å²) in [6, 6.07) is 8.88. The van der Waals surface area contributed by atoms with Crippen LogP contribution in [0.15, 0.2) is 35.1 Å². The number of rotatable bonds is 7. The third kappa shape index (κ3) is 5.37. The molecule has 0 saturated carbocycles. The smallest absolute Gasteiger partial charge is 0.270 e. The van der Waals surface area contributed by atoms with E-state index in [4.69, 9.17) is 9.47 Å². The molecule has 7 heteroatoms. The third-order valence-corrected chi connectivity index (χ3v) is 5.27. The van der Waals surface area contributed by atoms with Gasteiger partial charge in [0.1, 0.15) is 11.4 Å². The van der Waals surface area contributed by atoms with Crippen molar-refractivity contribution in [2.45, 2.75) is 45.1 Å². The van der Waals surface area contributed by atoms with Crippen LogP contribution in [0.2, 0.25) is 0 Å². The second-order valence-corrected chi connectivity index (χ2v) is 7.25. The zero-order valence-electron chi connectivity index (χ0n) is 17.2. The molecule has 156 valence electrons. The van der Waals surface area contributed by atoms with Crippen LogP contribution in [-0.4, -0.2) is 47.9 Å². The van der Waals surface area contributed by atoms with Gasteiger partial charge in [-0.1, -0.05) is 12.8 Å². The van der Waals surface area contributed by atoms with Crippen LogP contribution in [-0.2, 0) is 11.3 Å². The quantitative estimate of drug-likeness (QED) is 0.715. The molecule has 1 aromatic heterocycles. The number of methoxy groups -OCH3 is 2. The lowest BCUT2D eigenvalue weighted by molar-refractivity contribution is -0.131. The van der Waals surface area contributed by atoms with Gasteiger partial charge in [0.05, 0.1) is 14.2 Å². The Bertz CT molecular complexity index is 869. The predicted molar refractivity (Wildman–Crippen MR) is 111 cm³/mol. The lowest BCUT2D eigenvalue weighted by Crippen LogP contribution is -2.32. The molecule has 29 heavy (non-hydrogen) atoms. The Morgan fingerprint density at radius 2 is 1.72 bits per heavy atom. The zero-order chi connectivity index (χ0) is 20.6. The van der Waals surface area contributed by atoms with Crippen molar-refractivity contribution in [2.75, 3.05) is 27.3 Å². The highest BCUT2D eigenvalue weighted by molar-refractivity contribution is 5.76. The van der Waals surface area contributed by atoms with Crippen LogP contribution in [0.3, 0.4) is 0 Å². The summed E-state index contributed by atoms with van der Waals surface area (Å²) in [7, 11) is 3.13. The van der Waals surface area contributed by atoms with E-state index in [1.54, 1.807) is 7.11 Å². The van der Waals surface area contributed by atoms with E-state index in [0.717, 1.165) is 37.2 Å².